The first kappa shape index (κ1) is 35.3. The maximum atomic E-state index is 12.9. The van der Waals surface area contributed by atoms with E-state index in [2.05, 4.69) is 31.0 Å². The quantitative estimate of drug-likeness (QED) is 0.262. The maximum Gasteiger partial charge on any atom is 0.274 e. The van der Waals surface area contributed by atoms with Crippen LogP contribution in [0.5, 0.6) is 0 Å². The molecule has 4 rings (SSSR count). The van der Waals surface area contributed by atoms with Gasteiger partial charge in [-0.15, -0.1) is 11.3 Å². The number of ketones is 1. The van der Waals surface area contributed by atoms with Crippen molar-refractivity contribution in [3.63, 3.8) is 0 Å². The molecule has 2 aromatic heterocycles. The molecule has 0 saturated carbocycles. The van der Waals surface area contributed by atoms with Crippen molar-refractivity contribution >= 4 is 34.8 Å². The molecule has 0 radical (unpaired) electrons. The summed E-state index contributed by atoms with van der Waals surface area (Å²) in [6.07, 6.45) is 0.830. The lowest BCUT2D eigenvalue weighted by Crippen LogP contribution is -2.52. The highest BCUT2D eigenvalue weighted by Gasteiger charge is 2.50. The SMILES string of the molecule is CC(C)C[C@H](NC(=O)c1cc(CN2CCOCC2)on1)C(=O)NCC(=O)N[C@@H](CC(C)C)C(=O)[C@@]1(C)CO1.Cc1cscn1. The number of hydrogen-bond acceptors (Lipinski definition) is 11. The van der Waals surface area contributed by atoms with Gasteiger partial charge in [0.15, 0.2) is 17.2 Å². The minimum Gasteiger partial charge on any atom is -0.379 e. The van der Waals surface area contributed by atoms with E-state index >= 15 is 0 Å². The van der Waals surface area contributed by atoms with Gasteiger partial charge in [0.25, 0.3) is 5.91 Å². The number of morpholine rings is 1. The summed E-state index contributed by atoms with van der Waals surface area (Å²) < 4.78 is 15.9. The fourth-order valence-corrected chi connectivity index (χ4v) is 5.09. The zero-order valence-corrected chi connectivity index (χ0v) is 27.3. The summed E-state index contributed by atoms with van der Waals surface area (Å²) in [4.78, 5) is 57.2. The molecule has 0 spiro atoms. The van der Waals surface area contributed by atoms with Crippen LogP contribution in [-0.4, -0.2) is 95.7 Å². The van der Waals surface area contributed by atoms with Crippen LogP contribution in [0.4, 0.5) is 0 Å². The number of ether oxygens (including phenoxy) is 2. The summed E-state index contributed by atoms with van der Waals surface area (Å²) in [6, 6.07) is -0.00289. The van der Waals surface area contributed by atoms with Gasteiger partial charge in [0.1, 0.15) is 11.6 Å². The summed E-state index contributed by atoms with van der Waals surface area (Å²) in [6.45, 7) is 14.8. The molecule has 0 unspecified atom stereocenters. The number of nitrogens with zero attached hydrogens (tertiary/aromatic N) is 3. The first-order chi connectivity index (χ1) is 20.9. The van der Waals surface area contributed by atoms with Gasteiger partial charge in [-0.25, -0.2) is 0 Å². The molecule has 2 aliphatic heterocycles. The van der Waals surface area contributed by atoms with Gasteiger partial charge in [-0.1, -0.05) is 32.9 Å². The third-order valence-electron chi connectivity index (χ3n) is 7.04. The Kier molecular flexibility index (Phi) is 13.4. The normalized spacial score (nSPS) is 19.5. The zero-order chi connectivity index (χ0) is 32.3. The van der Waals surface area contributed by atoms with E-state index in [1.807, 2.05) is 45.5 Å². The molecule has 2 saturated heterocycles. The third-order valence-corrected chi connectivity index (χ3v) is 7.74. The fourth-order valence-electron chi connectivity index (χ4n) is 4.54. The molecule has 13 nitrogen and oxygen atoms in total. The number of aryl methyl sites for hydroxylation is 1. The molecular formula is C30H46N6O7S. The standard InChI is InChI=1S/C26H41N5O7.C4H5NS/c1-16(2)10-19(23(33)26(5)15-37-26)28-22(32)13-27-24(34)20(11-17(3)4)29-25(35)21-12-18(38-30-21)14-31-6-8-36-9-7-31;1-4-2-6-3-5-4/h12,16-17,19-20H,6-11,13-15H2,1-5H3,(H,27,34)(H,28,32)(H,29,35);2-3H,1H3/t19-,20-,26+;/m0./s1. The first-order valence-electron chi connectivity index (χ1n) is 15.0. The molecule has 3 N–H and O–H groups in total. The van der Waals surface area contributed by atoms with Crippen LogP contribution in [0.2, 0.25) is 0 Å². The Hall–Kier alpha value is -3.20. The number of aromatic nitrogens is 2. The van der Waals surface area contributed by atoms with E-state index in [0.29, 0.717) is 45.0 Å². The van der Waals surface area contributed by atoms with E-state index in [9.17, 15) is 19.2 Å². The Morgan fingerprint density at radius 3 is 2.25 bits per heavy atom. The van der Waals surface area contributed by atoms with Crippen LogP contribution < -0.4 is 16.0 Å². The smallest absolute Gasteiger partial charge is 0.274 e. The number of rotatable bonds is 14. The lowest BCUT2D eigenvalue weighted by atomic mass is 9.93. The Morgan fingerprint density at radius 2 is 1.70 bits per heavy atom. The number of carbonyl (C=O) groups is 4. The number of nitrogens with one attached hydrogen (secondary N) is 3. The molecule has 3 amide bonds. The largest absolute Gasteiger partial charge is 0.379 e. The van der Waals surface area contributed by atoms with Gasteiger partial charge in [0, 0.05) is 30.2 Å². The van der Waals surface area contributed by atoms with Crippen LogP contribution >= 0.6 is 11.3 Å². The van der Waals surface area contributed by atoms with Gasteiger partial charge in [-0.05, 0) is 38.5 Å². The average molecular weight is 635 g/mol. The molecule has 0 aromatic carbocycles. The molecule has 244 valence electrons. The zero-order valence-electron chi connectivity index (χ0n) is 26.5. The average Bonchev–Trinajstić information content (AvgIpc) is 3.31. The van der Waals surface area contributed by atoms with Crippen LogP contribution in [0.3, 0.4) is 0 Å². The summed E-state index contributed by atoms with van der Waals surface area (Å²) >= 11 is 1.63. The minimum absolute atomic E-state index is 0.0818. The van der Waals surface area contributed by atoms with Crippen LogP contribution in [0.1, 0.15) is 69.4 Å². The summed E-state index contributed by atoms with van der Waals surface area (Å²) in [5.41, 5.74) is 2.17. The van der Waals surface area contributed by atoms with Crippen molar-refractivity contribution in [2.75, 3.05) is 39.5 Å². The predicted molar refractivity (Wildman–Crippen MR) is 164 cm³/mol. The van der Waals surface area contributed by atoms with E-state index in [-0.39, 0.29) is 29.9 Å². The van der Waals surface area contributed by atoms with Gasteiger partial charge >= 0.3 is 0 Å². The third kappa shape index (κ3) is 11.7. The monoisotopic (exact) mass is 634 g/mol. The second-order valence-electron chi connectivity index (χ2n) is 12.2. The van der Waals surface area contributed by atoms with Gasteiger partial charge in [0.05, 0.1) is 44.5 Å². The van der Waals surface area contributed by atoms with Crippen molar-refractivity contribution in [3.8, 4) is 0 Å². The number of Topliss-reactive ketones (excluding diaryl/α,β-unsaturated/α-hetero) is 1. The minimum atomic E-state index is -0.874. The van der Waals surface area contributed by atoms with Crippen LogP contribution in [0, 0.1) is 18.8 Å². The maximum absolute atomic E-state index is 12.9. The molecule has 0 bridgehead atoms. The highest BCUT2D eigenvalue weighted by Crippen LogP contribution is 2.29. The second kappa shape index (κ2) is 16.8. The van der Waals surface area contributed by atoms with Gasteiger partial charge in [-0.2, -0.15) is 0 Å². The fraction of sp³-hybridized carbons (Fsp3) is 0.667. The number of epoxide rings is 1. The Balaban J connectivity index is 0.000000785. The topological polar surface area (TPSA) is 168 Å². The van der Waals surface area contributed by atoms with Crippen LogP contribution in [0.15, 0.2) is 21.5 Å². The van der Waals surface area contributed by atoms with Crippen molar-refractivity contribution in [2.24, 2.45) is 11.8 Å². The Morgan fingerprint density at radius 1 is 1.05 bits per heavy atom. The highest BCUT2D eigenvalue weighted by atomic mass is 32.1. The van der Waals surface area contributed by atoms with E-state index in [1.54, 1.807) is 24.3 Å². The molecule has 3 atom stereocenters. The lowest BCUT2D eigenvalue weighted by molar-refractivity contribution is -0.131. The molecule has 4 heterocycles. The van der Waals surface area contributed by atoms with E-state index in [1.165, 1.54) is 0 Å². The molecule has 2 fully saturated rings. The van der Waals surface area contributed by atoms with E-state index in [4.69, 9.17) is 14.0 Å². The number of thiazole rings is 1. The predicted octanol–water partition coefficient (Wildman–Crippen LogP) is 2.11. The Bertz CT molecular complexity index is 1220. The molecular weight excluding hydrogens is 588 g/mol. The number of hydrogen-bond donors (Lipinski definition) is 3. The number of carbonyl (C=O) groups excluding carboxylic acids is 4. The van der Waals surface area contributed by atoms with Crippen molar-refractivity contribution in [1.82, 2.24) is 31.0 Å². The Labute approximate surface area is 262 Å². The van der Waals surface area contributed by atoms with Crippen LogP contribution in [0.25, 0.3) is 0 Å². The molecule has 14 heteroatoms. The molecule has 44 heavy (non-hydrogen) atoms. The molecule has 2 aromatic rings. The lowest BCUT2D eigenvalue weighted by Gasteiger charge is -2.25. The molecule has 2 aliphatic rings. The highest BCUT2D eigenvalue weighted by molar-refractivity contribution is 7.07. The van der Waals surface area contributed by atoms with Crippen molar-refractivity contribution in [1.29, 1.82) is 0 Å². The second-order valence-corrected chi connectivity index (χ2v) is 12.9. The van der Waals surface area contributed by atoms with E-state index in [0.717, 1.165) is 18.8 Å². The summed E-state index contributed by atoms with van der Waals surface area (Å²) in [5, 5.41) is 13.9. The van der Waals surface area contributed by atoms with E-state index < -0.39 is 35.4 Å². The first-order valence-corrected chi connectivity index (χ1v) is 16.0. The van der Waals surface area contributed by atoms with Crippen molar-refractivity contribution < 1.29 is 33.2 Å². The summed E-state index contributed by atoms with van der Waals surface area (Å²) in [5.74, 6) is -0.860. The van der Waals surface area contributed by atoms with Gasteiger partial charge in [0.2, 0.25) is 11.8 Å². The van der Waals surface area contributed by atoms with Crippen molar-refractivity contribution in [2.45, 2.75) is 78.6 Å². The van der Waals surface area contributed by atoms with Gasteiger partial charge in [-0.3, -0.25) is 29.1 Å². The van der Waals surface area contributed by atoms with Crippen LogP contribution in [-0.2, 0) is 30.4 Å². The molecule has 0 aliphatic carbocycles. The van der Waals surface area contributed by atoms with Gasteiger partial charge < -0.3 is 29.9 Å². The summed E-state index contributed by atoms with van der Waals surface area (Å²) in [7, 11) is 0. The number of amides is 3. The van der Waals surface area contributed by atoms with Crippen molar-refractivity contribution in [3.05, 3.63) is 34.1 Å².